The van der Waals surface area contributed by atoms with Crippen LogP contribution in [-0.2, 0) is 28.0 Å². The second kappa shape index (κ2) is 14.5. The Hall–Kier alpha value is -4.66. The van der Waals surface area contributed by atoms with E-state index in [4.69, 9.17) is 24.9 Å². The topological polar surface area (TPSA) is 175 Å². The number of amides is 1. The molecule has 1 aromatic heterocycles. The molecule has 0 bridgehead atoms. The number of amidine groups is 1. The van der Waals surface area contributed by atoms with Gasteiger partial charge in [-0.15, -0.1) is 0 Å². The van der Waals surface area contributed by atoms with Gasteiger partial charge in [-0.25, -0.2) is 9.78 Å². The number of ketones is 1. The van der Waals surface area contributed by atoms with Crippen LogP contribution in [0.4, 0.5) is 0 Å². The molecule has 0 fully saturated rings. The highest BCUT2D eigenvalue weighted by Gasteiger charge is 2.31. The summed E-state index contributed by atoms with van der Waals surface area (Å²) in [7, 11) is 1.49. The van der Waals surface area contributed by atoms with Gasteiger partial charge in [-0.2, -0.15) is 5.26 Å². The van der Waals surface area contributed by atoms with Gasteiger partial charge in [0.2, 0.25) is 0 Å². The zero-order valence-electron chi connectivity index (χ0n) is 25.3. The average Bonchev–Trinajstić information content (AvgIpc) is 3.25. The van der Waals surface area contributed by atoms with E-state index in [2.05, 4.69) is 16.4 Å². The summed E-state index contributed by atoms with van der Waals surface area (Å²) in [5.41, 5.74) is 2.29. The third-order valence-corrected chi connectivity index (χ3v) is 6.72. The molecule has 0 atom stereocenters. The van der Waals surface area contributed by atoms with Crippen LogP contribution in [0.25, 0.3) is 0 Å². The van der Waals surface area contributed by atoms with Crippen LogP contribution >= 0.6 is 0 Å². The number of benzene rings is 1. The van der Waals surface area contributed by atoms with Crippen molar-refractivity contribution in [2.45, 2.75) is 65.3 Å². The van der Waals surface area contributed by atoms with Crippen LogP contribution in [0.3, 0.4) is 0 Å². The molecule has 12 heteroatoms. The van der Waals surface area contributed by atoms with E-state index in [0.717, 1.165) is 11.1 Å². The second-order valence-corrected chi connectivity index (χ2v) is 11.1. The van der Waals surface area contributed by atoms with Crippen molar-refractivity contribution >= 4 is 23.5 Å². The monoisotopic (exact) mass is 593 g/mol. The molecular formula is C31H39N5O7. The van der Waals surface area contributed by atoms with Crippen LogP contribution in [0.15, 0.2) is 18.2 Å². The first-order chi connectivity index (χ1) is 20.4. The maximum Gasteiger partial charge on any atom is 0.341 e. The predicted molar refractivity (Wildman–Crippen MR) is 158 cm³/mol. The molecule has 1 aromatic carbocycles. The Balaban J connectivity index is 1.77. The first kappa shape index (κ1) is 32.8. The number of nitrogens with one attached hydrogen (secondary N) is 2. The van der Waals surface area contributed by atoms with Crippen LogP contribution in [0.1, 0.15) is 79.8 Å². The summed E-state index contributed by atoms with van der Waals surface area (Å²) < 4.78 is 17.2. The number of hydrogen-bond acceptors (Lipinski definition) is 9. The molecule has 1 amide bonds. The average molecular weight is 594 g/mol. The largest absolute Gasteiger partial charge is 0.491 e. The van der Waals surface area contributed by atoms with Crippen molar-refractivity contribution in [1.82, 2.24) is 15.2 Å². The van der Waals surface area contributed by atoms with Gasteiger partial charge in [0.05, 0.1) is 25.8 Å². The van der Waals surface area contributed by atoms with Crippen molar-refractivity contribution in [2.75, 3.05) is 33.4 Å². The number of unbranched alkanes of at least 4 members (excludes halogenated alkanes) is 1. The van der Waals surface area contributed by atoms with Gasteiger partial charge in [0.15, 0.2) is 35.3 Å². The summed E-state index contributed by atoms with van der Waals surface area (Å²) in [5, 5.41) is 29.2. The number of nitrogens with zero attached hydrogens (tertiary/aromatic N) is 3. The minimum Gasteiger partial charge on any atom is -0.491 e. The first-order valence-corrected chi connectivity index (χ1v) is 14.2. The Labute approximate surface area is 251 Å². The molecule has 1 aliphatic rings. The summed E-state index contributed by atoms with van der Waals surface area (Å²) in [6, 6.07) is 7.43. The van der Waals surface area contributed by atoms with Gasteiger partial charge in [-0.1, -0.05) is 26.8 Å². The van der Waals surface area contributed by atoms with Gasteiger partial charge in [0.25, 0.3) is 5.91 Å². The predicted octanol–water partition coefficient (Wildman–Crippen LogP) is 3.63. The number of carbonyl (C=O) groups excluding carboxylic acids is 2. The molecule has 2 heterocycles. The Kier molecular flexibility index (Phi) is 11.1. The number of carboxylic acid groups (broad SMARTS) is 1. The number of carbonyl (C=O) groups is 3. The number of pyridine rings is 1. The Morgan fingerprint density at radius 1 is 1.16 bits per heavy atom. The van der Waals surface area contributed by atoms with Gasteiger partial charge in [0.1, 0.15) is 11.5 Å². The number of Topliss-reactive ketones (excluding diaryl/α,β-unsaturated/α-hetero) is 1. The number of aryl methyl sites for hydroxylation is 1. The molecule has 0 spiro atoms. The molecule has 0 radical (unpaired) electrons. The lowest BCUT2D eigenvalue weighted by molar-refractivity contribution is -0.139. The van der Waals surface area contributed by atoms with Crippen molar-refractivity contribution in [3.8, 4) is 23.3 Å². The lowest BCUT2D eigenvalue weighted by atomic mass is 9.84. The quantitative estimate of drug-likeness (QED) is 0.259. The molecular weight excluding hydrogens is 554 g/mol. The standard InChI is InChI=1S/C31H39N5O7/c1-6-41-23-15-20-16-36(29(33)26(20)35-27(23)30(40)34-5)17-21(37)10-9-19-13-22(31(2,3)4)28(43-18-25(38)39)24(14-19)42-12-8-7-11-32/h13-15,33H,6-10,12,16-18H2,1-5H3,(H,34,40)(H,38,39). The second-order valence-electron chi connectivity index (χ2n) is 11.1. The van der Waals surface area contributed by atoms with E-state index in [0.29, 0.717) is 60.9 Å². The molecule has 230 valence electrons. The summed E-state index contributed by atoms with van der Waals surface area (Å²) in [6.45, 7) is 8.08. The number of fused-ring (bicyclic) bond motifs is 1. The lowest BCUT2D eigenvalue weighted by Gasteiger charge is -2.26. The fraction of sp³-hybridized carbons (Fsp3) is 0.484. The summed E-state index contributed by atoms with van der Waals surface area (Å²) in [4.78, 5) is 42.7. The summed E-state index contributed by atoms with van der Waals surface area (Å²) in [6.07, 6.45) is 1.39. The van der Waals surface area contributed by atoms with Gasteiger partial charge in [0, 0.05) is 37.6 Å². The van der Waals surface area contributed by atoms with E-state index in [-0.39, 0.29) is 36.9 Å². The van der Waals surface area contributed by atoms with E-state index in [1.807, 2.05) is 26.8 Å². The summed E-state index contributed by atoms with van der Waals surface area (Å²) >= 11 is 0. The van der Waals surface area contributed by atoms with Gasteiger partial charge in [-0.3, -0.25) is 15.0 Å². The third kappa shape index (κ3) is 8.44. The number of aromatic nitrogens is 1. The normalized spacial score (nSPS) is 12.4. The van der Waals surface area contributed by atoms with Crippen molar-refractivity contribution in [3.05, 3.63) is 46.3 Å². The number of rotatable bonds is 15. The zero-order valence-corrected chi connectivity index (χ0v) is 25.3. The van der Waals surface area contributed by atoms with Crippen LogP contribution in [0.5, 0.6) is 17.2 Å². The minimum atomic E-state index is -1.12. The van der Waals surface area contributed by atoms with Crippen LogP contribution < -0.4 is 19.5 Å². The Morgan fingerprint density at radius 3 is 2.53 bits per heavy atom. The van der Waals surface area contributed by atoms with Gasteiger partial charge < -0.3 is 29.5 Å². The molecule has 12 nitrogen and oxygen atoms in total. The van der Waals surface area contributed by atoms with Crippen molar-refractivity contribution in [2.24, 2.45) is 0 Å². The lowest BCUT2D eigenvalue weighted by Crippen LogP contribution is -2.30. The fourth-order valence-electron chi connectivity index (χ4n) is 4.63. The number of carboxylic acids is 1. The molecule has 3 rings (SSSR count). The fourth-order valence-corrected chi connectivity index (χ4v) is 4.63. The Bertz CT molecular complexity index is 1430. The van der Waals surface area contributed by atoms with E-state index in [1.165, 1.54) is 7.05 Å². The molecule has 0 aliphatic carbocycles. The van der Waals surface area contributed by atoms with E-state index < -0.39 is 23.9 Å². The van der Waals surface area contributed by atoms with Crippen molar-refractivity contribution in [3.63, 3.8) is 0 Å². The highest BCUT2D eigenvalue weighted by molar-refractivity contribution is 6.03. The van der Waals surface area contributed by atoms with E-state index >= 15 is 0 Å². The van der Waals surface area contributed by atoms with Crippen molar-refractivity contribution in [1.29, 1.82) is 10.7 Å². The van der Waals surface area contributed by atoms with E-state index in [1.54, 1.807) is 24.0 Å². The van der Waals surface area contributed by atoms with Crippen molar-refractivity contribution < 1.29 is 33.7 Å². The molecule has 2 aromatic rings. The number of ether oxygens (including phenoxy) is 3. The Morgan fingerprint density at radius 2 is 1.91 bits per heavy atom. The maximum absolute atomic E-state index is 13.1. The van der Waals surface area contributed by atoms with E-state index in [9.17, 15) is 19.5 Å². The highest BCUT2D eigenvalue weighted by atomic mass is 16.5. The van der Waals surface area contributed by atoms with Crippen LogP contribution in [-0.4, -0.2) is 71.9 Å². The molecule has 43 heavy (non-hydrogen) atoms. The molecule has 3 N–H and O–H groups in total. The minimum absolute atomic E-state index is 0.00206. The van der Waals surface area contributed by atoms with Gasteiger partial charge in [-0.05, 0) is 42.9 Å². The maximum atomic E-state index is 13.1. The number of aliphatic carboxylic acids is 1. The number of hydrogen-bond donors (Lipinski definition) is 3. The van der Waals surface area contributed by atoms with Crippen LogP contribution in [0, 0.1) is 16.7 Å². The molecule has 1 aliphatic heterocycles. The molecule has 0 saturated heterocycles. The summed E-state index contributed by atoms with van der Waals surface area (Å²) in [5.74, 6) is -0.523. The third-order valence-electron chi connectivity index (χ3n) is 6.72. The van der Waals surface area contributed by atoms with Crippen LogP contribution in [0.2, 0.25) is 0 Å². The van der Waals surface area contributed by atoms with Gasteiger partial charge >= 0.3 is 5.97 Å². The number of nitriles is 1. The first-order valence-electron chi connectivity index (χ1n) is 14.2. The smallest absolute Gasteiger partial charge is 0.341 e. The molecule has 0 saturated carbocycles. The highest BCUT2D eigenvalue weighted by Crippen LogP contribution is 2.40. The zero-order chi connectivity index (χ0) is 31.7. The SMILES string of the molecule is CCOc1cc2c(nc1C(=O)NC)C(=N)N(CC(=O)CCc1cc(OCCCC#N)c(OCC(=O)O)c(C(C)(C)C)c1)C2. The molecule has 0 unspecified atom stereocenters.